The highest BCUT2D eigenvalue weighted by Crippen LogP contribution is 2.28. The fourth-order valence-electron chi connectivity index (χ4n) is 1.82. The van der Waals surface area contributed by atoms with Gasteiger partial charge in [-0.05, 0) is 43.2 Å². The second kappa shape index (κ2) is 5.61. The number of H-pyrrole nitrogens is 1. The lowest BCUT2D eigenvalue weighted by Gasteiger charge is -2.13. The summed E-state index contributed by atoms with van der Waals surface area (Å²) in [7, 11) is -2.39. The fourth-order valence-corrected chi connectivity index (χ4v) is 3.10. The summed E-state index contributed by atoms with van der Waals surface area (Å²) in [5.74, 6) is 0.273. The predicted molar refractivity (Wildman–Crippen MR) is 80.3 cm³/mol. The first kappa shape index (κ1) is 15.1. The fraction of sp³-hybridized carbons (Fsp3) is 0.214. The maximum Gasteiger partial charge on any atom is 0.265 e. The molecule has 0 radical (unpaired) electrons. The van der Waals surface area contributed by atoms with Gasteiger partial charge in [0.05, 0.1) is 12.8 Å². The van der Waals surface area contributed by atoms with Crippen LogP contribution >= 0.6 is 0 Å². The molecule has 0 bridgehead atoms. The van der Waals surface area contributed by atoms with Crippen LogP contribution in [0.5, 0.6) is 5.75 Å². The summed E-state index contributed by atoms with van der Waals surface area (Å²) in [5, 5.41) is 0. The third-order valence-corrected chi connectivity index (χ3v) is 4.51. The zero-order valence-corrected chi connectivity index (χ0v) is 12.7. The SMILES string of the molecule is COc1cc(C)c(C)cc1S(=O)(=O)Nc1ccc(=O)[nH]c1. The molecule has 6 nitrogen and oxygen atoms in total. The van der Waals surface area contributed by atoms with Crippen LogP contribution in [-0.4, -0.2) is 20.5 Å². The van der Waals surface area contributed by atoms with Crippen molar-refractivity contribution >= 4 is 15.7 Å². The van der Waals surface area contributed by atoms with Crippen LogP contribution < -0.4 is 15.0 Å². The van der Waals surface area contributed by atoms with Crippen LogP contribution in [0.4, 0.5) is 5.69 Å². The second-order valence-electron chi connectivity index (χ2n) is 4.63. The number of aryl methyl sites for hydroxylation is 2. The Morgan fingerprint density at radius 1 is 1.14 bits per heavy atom. The topological polar surface area (TPSA) is 88.3 Å². The maximum absolute atomic E-state index is 12.4. The lowest BCUT2D eigenvalue weighted by atomic mass is 10.1. The molecule has 1 aromatic carbocycles. The summed E-state index contributed by atoms with van der Waals surface area (Å²) in [4.78, 5) is 13.5. The van der Waals surface area contributed by atoms with Crippen LogP contribution in [0.1, 0.15) is 11.1 Å². The normalized spacial score (nSPS) is 11.2. The Hall–Kier alpha value is -2.28. The van der Waals surface area contributed by atoms with Crippen LogP contribution in [0.3, 0.4) is 0 Å². The van der Waals surface area contributed by atoms with Gasteiger partial charge in [-0.1, -0.05) is 0 Å². The molecule has 2 N–H and O–H groups in total. The average molecular weight is 308 g/mol. The van der Waals surface area contributed by atoms with Crippen molar-refractivity contribution in [3.8, 4) is 5.75 Å². The van der Waals surface area contributed by atoms with E-state index in [4.69, 9.17) is 4.74 Å². The average Bonchev–Trinajstić information content (AvgIpc) is 2.43. The molecule has 0 aliphatic rings. The zero-order chi connectivity index (χ0) is 15.6. The molecule has 0 saturated carbocycles. The number of pyridine rings is 1. The molecule has 0 aliphatic carbocycles. The summed E-state index contributed by atoms with van der Waals surface area (Å²) < 4.78 is 32.4. The third kappa shape index (κ3) is 3.25. The molecule has 0 atom stereocenters. The van der Waals surface area contributed by atoms with Crippen molar-refractivity contribution in [2.45, 2.75) is 18.7 Å². The first-order valence-electron chi connectivity index (χ1n) is 6.20. The van der Waals surface area contributed by atoms with E-state index in [1.807, 2.05) is 13.8 Å². The van der Waals surface area contributed by atoms with Gasteiger partial charge in [-0.25, -0.2) is 8.42 Å². The van der Waals surface area contributed by atoms with E-state index in [-0.39, 0.29) is 21.9 Å². The van der Waals surface area contributed by atoms with Crippen molar-refractivity contribution in [2.75, 3.05) is 11.8 Å². The van der Waals surface area contributed by atoms with Crippen LogP contribution in [0.2, 0.25) is 0 Å². The molecule has 2 rings (SSSR count). The number of rotatable bonds is 4. The number of aromatic amines is 1. The Balaban J connectivity index is 2.46. The third-order valence-electron chi connectivity index (χ3n) is 3.11. The van der Waals surface area contributed by atoms with Crippen LogP contribution in [0.25, 0.3) is 0 Å². The predicted octanol–water partition coefficient (Wildman–Crippen LogP) is 1.80. The molecule has 21 heavy (non-hydrogen) atoms. The van der Waals surface area contributed by atoms with Gasteiger partial charge < -0.3 is 9.72 Å². The maximum atomic E-state index is 12.4. The molecular weight excluding hydrogens is 292 g/mol. The highest BCUT2D eigenvalue weighted by molar-refractivity contribution is 7.92. The number of sulfonamides is 1. The quantitative estimate of drug-likeness (QED) is 0.901. The number of hydrogen-bond donors (Lipinski definition) is 2. The van der Waals surface area contributed by atoms with Crippen LogP contribution in [0.15, 0.2) is 40.2 Å². The Kier molecular flexibility index (Phi) is 4.04. The van der Waals surface area contributed by atoms with Gasteiger partial charge >= 0.3 is 0 Å². The van der Waals surface area contributed by atoms with Crippen LogP contribution in [-0.2, 0) is 10.0 Å². The minimum absolute atomic E-state index is 0.0549. The van der Waals surface area contributed by atoms with Gasteiger partial charge in [0.15, 0.2) is 0 Å². The van der Waals surface area contributed by atoms with Gasteiger partial charge in [-0.3, -0.25) is 9.52 Å². The number of hydrogen-bond acceptors (Lipinski definition) is 4. The van der Waals surface area contributed by atoms with Gasteiger partial charge in [-0.15, -0.1) is 0 Å². The molecule has 2 aromatic rings. The largest absolute Gasteiger partial charge is 0.495 e. The second-order valence-corrected chi connectivity index (χ2v) is 6.29. The van der Waals surface area contributed by atoms with E-state index in [9.17, 15) is 13.2 Å². The number of anilines is 1. The van der Waals surface area contributed by atoms with Crippen molar-refractivity contribution < 1.29 is 13.2 Å². The van der Waals surface area contributed by atoms with Crippen molar-refractivity contribution in [1.82, 2.24) is 4.98 Å². The number of ether oxygens (including phenoxy) is 1. The van der Waals surface area contributed by atoms with E-state index in [2.05, 4.69) is 9.71 Å². The standard InChI is InChI=1S/C14H16N2O4S/c1-9-6-12(20-3)13(7-10(9)2)21(18,19)16-11-4-5-14(17)15-8-11/h4-8,16H,1-3H3,(H,15,17). The van der Waals surface area contributed by atoms with Gasteiger partial charge in [-0.2, -0.15) is 0 Å². The molecule has 1 heterocycles. The molecule has 0 unspecified atom stereocenters. The molecule has 0 saturated heterocycles. The Morgan fingerprint density at radius 2 is 1.81 bits per heavy atom. The van der Waals surface area contributed by atoms with Crippen LogP contribution in [0, 0.1) is 13.8 Å². The van der Waals surface area contributed by atoms with Gasteiger partial charge in [0.1, 0.15) is 10.6 Å². The summed E-state index contributed by atoms with van der Waals surface area (Å²) in [5.41, 5.74) is 1.75. The lowest BCUT2D eigenvalue weighted by molar-refractivity contribution is 0.402. The summed E-state index contributed by atoms with van der Waals surface area (Å²) in [6, 6.07) is 5.87. The highest BCUT2D eigenvalue weighted by atomic mass is 32.2. The van der Waals surface area contributed by atoms with Crippen molar-refractivity contribution in [2.24, 2.45) is 0 Å². The molecular formula is C14H16N2O4S. The van der Waals surface area contributed by atoms with E-state index in [0.29, 0.717) is 0 Å². The first-order valence-corrected chi connectivity index (χ1v) is 7.68. The minimum Gasteiger partial charge on any atom is -0.495 e. The molecule has 0 aliphatic heterocycles. The van der Waals surface area contributed by atoms with Gasteiger partial charge in [0.2, 0.25) is 5.56 Å². The van der Waals surface area contributed by atoms with E-state index in [0.717, 1.165) is 11.1 Å². The monoisotopic (exact) mass is 308 g/mol. The zero-order valence-electron chi connectivity index (χ0n) is 11.9. The number of nitrogens with one attached hydrogen (secondary N) is 2. The molecule has 112 valence electrons. The Morgan fingerprint density at radius 3 is 2.38 bits per heavy atom. The van der Waals surface area contributed by atoms with Gasteiger partial charge in [0, 0.05) is 12.3 Å². The summed E-state index contributed by atoms with van der Waals surface area (Å²) in [6.07, 6.45) is 1.30. The van der Waals surface area contributed by atoms with E-state index < -0.39 is 10.0 Å². The first-order chi connectivity index (χ1) is 9.83. The van der Waals surface area contributed by atoms with Gasteiger partial charge in [0.25, 0.3) is 10.0 Å². The molecule has 0 spiro atoms. The Bertz CT molecular complexity index is 805. The molecule has 0 amide bonds. The summed E-state index contributed by atoms with van der Waals surface area (Å²) >= 11 is 0. The Labute approximate surface area is 122 Å². The number of aromatic nitrogens is 1. The van der Waals surface area contributed by atoms with Crippen molar-refractivity contribution in [3.63, 3.8) is 0 Å². The van der Waals surface area contributed by atoms with E-state index >= 15 is 0 Å². The lowest BCUT2D eigenvalue weighted by Crippen LogP contribution is -2.15. The molecule has 7 heteroatoms. The minimum atomic E-state index is -3.81. The highest BCUT2D eigenvalue weighted by Gasteiger charge is 2.20. The van der Waals surface area contributed by atoms with E-state index in [1.54, 1.807) is 12.1 Å². The summed E-state index contributed by atoms with van der Waals surface area (Å²) in [6.45, 7) is 3.71. The smallest absolute Gasteiger partial charge is 0.265 e. The number of benzene rings is 1. The van der Waals surface area contributed by atoms with Crippen molar-refractivity contribution in [3.05, 3.63) is 51.9 Å². The van der Waals surface area contributed by atoms with E-state index in [1.165, 1.54) is 25.4 Å². The number of methoxy groups -OCH3 is 1. The van der Waals surface area contributed by atoms with Crippen molar-refractivity contribution in [1.29, 1.82) is 0 Å². The molecule has 1 aromatic heterocycles. The molecule has 0 fully saturated rings.